The Morgan fingerprint density at radius 2 is 1.69 bits per heavy atom. The van der Waals surface area contributed by atoms with Crippen molar-refractivity contribution in [1.29, 1.82) is 0 Å². The first-order valence-corrected chi connectivity index (χ1v) is 10.1. The molecule has 0 aromatic heterocycles. The van der Waals surface area contributed by atoms with Crippen molar-refractivity contribution < 1.29 is 19.2 Å². The SMILES string of the molecule is Cc1ccc(NC(=S)NC(=O)c2ccccc2OCCOc2ccccc2)cc1[N+](=O)[O-]. The molecule has 0 aliphatic rings. The van der Waals surface area contributed by atoms with Gasteiger partial charge in [0.05, 0.1) is 10.5 Å². The molecule has 0 spiro atoms. The third-order valence-corrected chi connectivity index (χ3v) is 4.58. The molecule has 0 bridgehead atoms. The molecule has 0 heterocycles. The zero-order valence-corrected chi connectivity index (χ0v) is 18.1. The molecule has 32 heavy (non-hydrogen) atoms. The molecular weight excluding hydrogens is 430 g/mol. The summed E-state index contributed by atoms with van der Waals surface area (Å²) in [5.41, 5.74) is 1.18. The second-order valence-corrected chi connectivity index (χ2v) is 7.08. The molecule has 164 valence electrons. The Labute approximate surface area is 190 Å². The lowest BCUT2D eigenvalue weighted by molar-refractivity contribution is -0.385. The number of nitrogens with zero attached hydrogens (tertiary/aromatic N) is 1. The minimum absolute atomic E-state index is 0.00960. The first kappa shape index (κ1) is 22.7. The molecule has 8 nitrogen and oxygen atoms in total. The highest BCUT2D eigenvalue weighted by Crippen LogP contribution is 2.22. The third kappa shape index (κ3) is 6.26. The van der Waals surface area contributed by atoms with Crippen LogP contribution in [0.3, 0.4) is 0 Å². The number of rotatable bonds is 8. The van der Waals surface area contributed by atoms with Crippen LogP contribution in [0.4, 0.5) is 11.4 Å². The van der Waals surface area contributed by atoms with E-state index in [1.807, 2.05) is 30.3 Å². The number of thiocarbonyl (C=S) groups is 1. The quantitative estimate of drug-likeness (QED) is 0.225. The van der Waals surface area contributed by atoms with Gasteiger partial charge >= 0.3 is 0 Å². The van der Waals surface area contributed by atoms with Crippen LogP contribution in [0, 0.1) is 17.0 Å². The van der Waals surface area contributed by atoms with Crippen molar-refractivity contribution in [3.05, 3.63) is 94.0 Å². The Balaban J connectivity index is 1.57. The molecule has 2 N–H and O–H groups in total. The number of para-hydroxylation sites is 2. The van der Waals surface area contributed by atoms with E-state index >= 15 is 0 Å². The van der Waals surface area contributed by atoms with E-state index in [1.54, 1.807) is 43.3 Å². The first-order chi connectivity index (χ1) is 15.4. The minimum Gasteiger partial charge on any atom is -0.490 e. The van der Waals surface area contributed by atoms with E-state index in [9.17, 15) is 14.9 Å². The number of nitro benzene ring substituents is 1. The molecule has 0 aliphatic heterocycles. The molecule has 0 radical (unpaired) electrons. The number of nitrogens with one attached hydrogen (secondary N) is 2. The van der Waals surface area contributed by atoms with Crippen LogP contribution < -0.4 is 20.1 Å². The Bertz CT molecular complexity index is 1120. The second kappa shape index (κ2) is 10.9. The van der Waals surface area contributed by atoms with Gasteiger partial charge in [-0.15, -0.1) is 0 Å². The highest BCUT2D eigenvalue weighted by Gasteiger charge is 2.15. The smallest absolute Gasteiger partial charge is 0.274 e. The summed E-state index contributed by atoms with van der Waals surface area (Å²) in [7, 11) is 0. The number of aryl methyl sites for hydroxylation is 1. The monoisotopic (exact) mass is 451 g/mol. The van der Waals surface area contributed by atoms with Crippen LogP contribution in [-0.2, 0) is 0 Å². The van der Waals surface area contributed by atoms with E-state index in [2.05, 4.69) is 10.6 Å². The standard InChI is InChI=1S/C23H21N3O5S/c1-16-11-12-17(15-20(16)26(28)29)24-23(32)25-22(27)19-9-5-6-10-21(19)31-14-13-30-18-7-3-2-4-8-18/h2-12,15H,13-14H2,1H3,(H2,24,25,27,32). The lowest BCUT2D eigenvalue weighted by Gasteiger charge is -2.13. The predicted molar refractivity (Wildman–Crippen MR) is 125 cm³/mol. The number of benzene rings is 3. The maximum Gasteiger partial charge on any atom is 0.274 e. The topological polar surface area (TPSA) is 103 Å². The van der Waals surface area contributed by atoms with E-state index in [0.717, 1.165) is 5.75 Å². The van der Waals surface area contributed by atoms with Gasteiger partial charge in [0.2, 0.25) is 0 Å². The lowest BCUT2D eigenvalue weighted by Crippen LogP contribution is -2.34. The molecule has 0 unspecified atom stereocenters. The molecule has 0 saturated heterocycles. The van der Waals surface area contributed by atoms with E-state index in [0.29, 0.717) is 29.2 Å². The first-order valence-electron chi connectivity index (χ1n) is 9.71. The van der Waals surface area contributed by atoms with Crippen molar-refractivity contribution >= 4 is 34.6 Å². The van der Waals surface area contributed by atoms with Gasteiger partial charge in [0.15, 0.2) is 5.11 Å². The normalized spacial score (nSPS) is 10.2. The number of nitro groups is 1. The average Bonchev–Trinajstić information content (AvgIpc) is 2.78. The van der Waals surface area contributed by atoms with Gasteiger partial charge in [-0.05, 0) is 49.5 Å². The second-order valence-electron chi connectivity index (χ2n) is 6.67. The van der Waals surface area contributed by atoms with E-state index < -0.39 is 10.8 Å². The summed E-state index contributed by atoms with van der Waals surface area (Å²) < 4.78 is 11.3. The van der Waals surface area contributed by atoms with Gasteiger partial charge in [-0.25, -0.2) is 0 Å². The van der Waals surface area contributed by atoms with Gasteiger partial charge in [-0.3, -0.25) is 20.2 Å². The Morgan fingerprint density at radius 3 is 2.44 bits per heavy atom. The number of carbonyl (C=O) groups is 1. The molecule has 0 atom stereocenters. The van der Waals surface area contributed by atoms with E-state index in [1.165, 1.54) is 6.07 Å². The maximum atomic E-state index is 12.7. The van der Waals surface area contributed by atoms with Crippen molar-refractivity contribution in [1.82, 2.24) is 5.32 Å². The summed E-state index contributed by atoms with van der Waals surface area (Å²) in [6.45, 7) is 2.20. The van der Waals surface area contributed by atoms with Crippen LogP contribution >= 0.6 is 12.2 Å². The van der Waals surface area contributed by atoms with Crippen molar-refractivity contribution in [3.63, 3.8) is 0 Å². The summed E-state index contributed by atoms with van der Waals surface area (Å²) in [5, 5.41) is 16.5. The van der Waals surface area contributed by atoms with Gasteiger partial charge in [0.1, 0.15) is 24.7 Å². The van der Waals surface area contributed by atoms with Gasteiger partial charge in [-0.1, -0.05) is 36.4 Å². The van der Waals surface area contributed by atoms with Gasteiger partial charge < -0.3 is 14.8 Å². The molecule has 3 aromatic rings. The summed E-state index contributed by atoms with van der Waals surface area (Å²) in [6, 6.07) is 20.7. The van der Waals surface area contributed by atoms with Crippen LogP contribution in [0.25, 0.3) is 0 Å². The summed E-state index contributed by atoms with van der Waals surface area (Å²) in [5.74, 6) is 0.647. The number of amides is 1. The fourth-order valence-electron chi connectivity index (χ4n) is 2.82. The predicted octanol–water partition coefficient (Wildman–Crippen LogP) is 4.49. The maximum absolute atomic E-state index is 12.7. The Kier molecular flexibility index (Phi) is 7.71. The van der Waals surface area contributed by atoms with Crippen LogP contribution in [0.2, 0.25) is 0 Å². The Morgan fingerprint density at radius 1 is 1.00 bits per heavy atom. The molecular formula is C23H21N3O5S. The van der Waals surface area contributed by atoms with E-state index in [4.69, 9.17) is 21.7 Å². The molecule has 0 saturated carbocycles. The molecule has 0 fully saturated rings. The van der Waals surface area contributed by atoms with E-state index in [-0.39, 0.29) is 17.4 Å². The number of ether oxygens (including phenoxy) is 2. The number of hydrogen-bond acceptors (Lipinski definition) is 6. The van der Waals surface area contributed by atoms with Gasteiger partial charge in [0, 0.05) is 17.3 Å². The number of hydrogen-bond donors (Lipinski definition) is 2. The van der Waals surface area contributed by atoms with Crippen LogP contribution in [0.1, 0.15) is 15.9 Å². The molecule has 3 rings (SSSR count). The van der Waals surface area contributed by atoms with Gasteiger partial charge in [-0.2, -0.15) is 0 Å². The third-order valence-electron chi connectivity index (χ3n) is 4.38. The Hall–Kier alpha value is -3.98. The van der Waals surface area contributed by atoms with Gasteiger partial charge in [0.25, 0.3) is 11.6 Å². The van der Waals surface area contributed by atoms with Crippen molar-refractivity contribution in [3.8, 4) is 11.5 Å². The zero-order chi connectivity index (χ0) is 22.9. The number of anilines is 1. The minimum atomic E-state index is -0.475. The molecule has 9 heteroatoms. The van der Waals surface area contributed by atoms with Crippen molar-refractivity contribution in [2.24, 2.45) is 0 Å². The largest absolute Gasteiger partial charge is 0.490 e. The molecule has 3 aromatic carbocycles. The van der Waals surface area contributed by atoms with Crippen molar-refractivity contribution in [2.75, 3.05) is 18.5 Å². The summed E-state index contributed by atoms with van der Waals surface area (Å²) in [6.07, 6.45) is 0. The average molecular weight is 452 g/mol. The molecule has 0 aliphatic carbocycles. The molecule has 1 amide bonds. The zero-order valence-electron chi connectivity index (χ0n) is 17.2. The summed E-state index contributed by atoms with van der Waals surface area (Å²) >= 11 is 5.18. The fourth-order valence-corrected chi connectivity index (χ4v) is 3.04. The number of carbonyl (C=O) groups excluding carboxylic acids is 1. The van der Waals surface area contributed by atoms with Crippen molar-refractivity contribution in [2.45, 2.75) is 6.92 Å². The lowest BCUT2D eigenvalue weighted by atomic mass is 10.2. The highest BCUT2D eigenvalue weighted by atomic mass is 32.1. The van der Waals surface area contributed by atoms with Crippen LogP contribution in [0.5, 0.6) is 11.5 Å². The van der Waals surface area contributed by atoms with Crippen LogP contribution in [-0.4, -0.2) is 29.2 Å². The highest BCUT2D eigenvalue weighted by molar-refractivity contribution is 7.80. The summed E-state index contributed by atoms with van der Waals surface area (Å²) in [4.78, 5) is 23.3. The fraction of sp³-hybridized carbons (Fsp3) is 0.130. The van der Waals surface area contributed by atoms with Crippen LogP contribution in [0.15, 0.2) is 72.8 Å².